The predicted octanol–water partition coefficient (Wildman–Crippen LogP) is 1.89. The second kappa shape index (κ2) is 5.29. The SMILES string of the molecule is CC1CCCC1CNC(=O)C#CBr. The van der Waals surface area contributed by atoms with Crippen molar-refractivity contribution in [2.45, 2.75) is 26.2 Å². The molecule has 2 atom stereocenters. The molecule has 2 unspecified atom stereocenters. The van der Waals surface area contributed by atoms with Crippen LogP contribution in [0.25, 0.3) is 0 Å². The predicted molar refractivity (Wildman–Crippen MR) is 56.2 cm³/mol. The first-order valence-corrected chi connectivity index (χ1v) is 5.43. The van der Waals surface area contributed by atoms with Gasteiger partial charge in [-0.15, -0.1) is 0 Å². The van der Waals surface area contributed by atoms with Gasteiger partial charge in [0.2, 0.25) is 0 Å². The molecule has 1 rings (SSSR count). The minimum absolute atomic E-state index is 0.184. The normalized spacial score (nSPS) is 26.3. The maximum atomic E-state index is 11.0. The summed E-state index contributed by atoms with van der Waals surface area (Å²) in [5.74, 6) is 3.62. The third-order valence-electron chi connectivity index (χ3n) is 2.72. The highest BCUT2D eigenvalue weighted by molar-refractivity contribution is 9.12. The van der Waals surface area contributed by atoms with Crippen LogP contribution in [0.2, 0.25) is 0 Å². The van der Waals surface area contributed by atoms with Crippen molar-refractivity contribution in [3.05, 3.63) is 0 Å². The van der Waals surface area contributed by atoms with E-state index in [4.69, 9.17) is 0 Å². The van der Waals surface area contributed by atoms with Crippen LogP contribution in [0.5, 0.6) is 0 Å². The number of hydrogen-bond acceptors (Lipinski definition) is 1. The van der Waals surface area contributed by atoms with Crippen molar-refractivity contribution in [1.82, 2.24) is 5.32 Å². The zero-order valence-corrected chi connectivity index (χ0v) is 9.36. The van der Waals surface area contributed by atoms with E-state index >= 15 is 0 Å². The molecular weight excluding hydrogens is 230 g/mol. The summed E-state index contributed by atoms with van der Waals surface area (Å²) in [7, 11) is 0. The van der Waals surface area contributed by atoms with Gasteiger partial charge in [0.1, 0.15) is 0 Å². The van der Waals surface area contributed by atoms with Crippen molar-refractivity contribution >= 4 is 21.8 Å². The van der Waals surface area contributed by atoms with E-state index < -0.39 is 0 Å². The van der Waals surface area contributed by atoms with Crippen LogP contribution in [0.1, 0.15) is 26.2 Å². The molecule has 0 aliphatic heterocycles. The topological polar surface area (TPSA) is 29.1 Å². The Balaban J connectivity index is 2.24. The van der Waals surface area contributed by atoms with Gasteiger partial charge in [0.25, 0.3) is 5.91 Å². The molecule has 3 heteroatoms. The fraction of sp³-hybridized carbons (Fsp3) is 0.700. The van der Waals surface area contributed by atoms with Gasteiger partial charge in [0.15, 0.2) is 0 Å². The molecule has 0 saturated heterocycles. The Bertz CT molecular complexity index is 241. The monoisotopic (exact) mass is 243 g/mol. The third kappa shape index (κ3) is 3.40. The summed E-state index contributed by atoms with van der Waals surface area (Å²) >= 11 is 2.89. The molecule has 0 heterocycles. The molecule has 13 heavy (non-hydrogen) atoms. The van der Waals surface area contributed by atoms with Crippen LogP contribution in [0.15, 0.2) is 0 Å². The van der Waals surface area contributed by atoms with Gasteiger partial charge in [-0.25, -0.2) is 0 Å². The molecule has 72 valence electrons. The molecule has 1 saturated carbocycles. The third-order valence-corrected chi connectivity index (χ3v) is 2.92. The molecule has 0 spiro atoms. The fourth-order valence-electron chi connectivity index (χ4n) is 1.84. The lowest BCUT2D eigenvalue weighted by molar-refractivity contribution is -0.115. The maximum absolute atomic E-state index is 11.0. The Morgan fingerprint density at radius 2 is 2.38 bits per heavy atom. The van der Waals surface area contributed by atoms with E-state index in [1.54, 1.807) is 0 Å². The van der Waals surface area contributed by atoms with Crippen LogP contribution >= 0.6 is 15.9 Å². The van der Waals surface area contributed by atoms with Gasteiger partial charge in [-0.05, 0) is 23.1 Å². The fourth-order valence-corrected chi connectivity index (χ4v) is 2.02. The second-order valence-electron chi connectivity index (χ2n) is 3.60. The minimum Gasteiger partial charge on any atom is -0.345 e. The number of nitrogens with one attached hydrogen (secondary N) is 1. The lowest BCUT2D eigenvalue weighted by Crippen LogP contribution is -2.29. The maximum Gasteiger partial charge on any atom is 0.296 e. The molecule has 1 N–H and O–H groups in total. The smallest absolute Gasteiger partial charge is 0.296 e. The number of halogens is 1. The number of carbonyl (C=O) groups excluding carboxylic acids is 1. The van der Waals surface area contributed by atoms with Crippen molar-refractivity contribution in [2.75, 3.05) is 6.54 Å². The average molecular weight is 244 g/mol. The molecule has 1 aliphatic carbocycles. The van der Waals surface area contributed by atoms with Gasteiger partial charge >= 0.3 is 0 Å². The molecule has 0 radical (unpaired) electrons. The van der Waals surface area contributed by atoms with E-state index in [2.05, 4.69) is 38.9 Å². The Morgan fingerprint density at radius 1 is 1.62 bits per heavy atom. The first-order chi connectivity index (χ1) is 6.24. The van der Waals surface area contributed by atoms with Crippen LogP contribution in [-0.2, 0) is 4.79 Å². The van der Waals surface area contributed by atoms with Crippen LogP contribution in [0.3, 0.4) is 0 Å². The van der Waals surface area contributed by atoms with Crippen molar-refractivity contribution in [3.8, 4) is 10.8 Å². The summed E-state index contributed by atoms with van der Waals surface area (Å²) in [6, 6.07) is 0. The van der Waals surface area contributed by atoms with Crippen molar-refractivity contribution < 1.29 is 4.79 Å². The molecule has 0 bridgehead atoms. The van der Waals surface area contributed by atoms with Gasteiger partial charge in [-0.3, -0.25) is 4.79 Å². The van der Waals surface area contributed by atoms with Gasteiger partial charge in [0, 0.05) is 28.4 Å². The van der Waals surface area contributed by atoms with Crippen molar-refractivity contribution in [3.63, 3.8) is 0 Å². The molecule has 2 nitrogen and oxygen atoms in total. The van der Waals surface area contributed by atoms with Crippen LogP contribution in [-0.4, -0.2) is 12.5 Å². The van der Waals surface area contributed by atoms with Gasteiger partial charge < -0.3 is 5.32 Å². The van der Waals surface area contributed by atoms with E-state index in [0.717, 1.165) is 12.5 Å². The first kappa shape index (κ1) is 10.6. The molecule has 0 aromatic carbocycles. The molecule has 0 aromatic heterocycles. The summed E-state index contributed by atoms with van der Waals surface area (Å²) in [6.07, 6.45) is 3.83. The average Bonchev–Trinajstić information content (AvgIpc) is 2.48. The van der Waals surface area contributed by atoms with E-state index in [9.17, 15) is 4.79 Å². The van der Waals surface area contributed by atoms with Gasteiger partial charge in [0.05, 0.1) is 0 Å². The van der Waals surface area contributed by atoms with E-state index in [1.807, 2.05) is 0 Å². The zero-order chi connectivity index (χ0) is 9.68. The van der Waals surface area contributed by atoms with Crippen molar-refractivity contribution in [2.24, 2.45) is 11.8 Å². The highest BCUT2D eigenvalue weighted by atomic mass is 79.9. The van der Waals surface area contributed by atoms with Crippen LogP contribution in [0, 0.1) is 22.6 Å². The first-order valence-electron chi connectivity index (χ1n) is 4.63. The summed E-state index contributed by atoms with van der Waals surface area (Å²) in [4.78, 5) is 13.4. The molecule has 1 amide bonds. The zero-order valence-electron chi connectivity index (χ0n) is 7.77. The van der Waals surface area contributed by atoms with Crippen molar-refractivity contribution in [1.29, 1.82) is 0 Å². The quantitative estimate of drug-likeness (QED) is 0.738. The highest BCUT2D eigenvalue weighted by Crippen LogP contribution is 2.30. The van der Waals surface area contributed by atoms with E-state index in [1.165, 1.54) is 19.3 Å². The summed E-state index contributed by atoms with van der Waals surface area (Å²) < 4.78 is 0. The van der Waals surface area contributed by atoms with Gasteiger partial charge in [-0.2, -0.15) is 0 Å². The van der Waals surface area contributed by atoms with E-state index in [0.29, 0.717) is 5.92 Å². The van der Waals surface area contributed by atoms with Crippen LogP contribution < -0.4 is 5.32 Å². The Morgan fingerprint density at radius 3 is 2.92 bits per heavy atom. The Labute approximate surface area is 87.6 Å². The number of hydrogen-bond donors (Lipinski definition) is 1. The Hall–Kier alpha value is -0.490. The number of amides is 1. The van der Waals surface area contributed by atoms with Crippen LogP contribution in [0.4, 0.5) is 0 Å². The van der Waals surface area contributed by atoms with E-state index in [-0.39, 0.29) is 5.91 Å². The molecule has 1 aliphatic rings. The number of rotatable bonds is 2. The number of carbonyl (C=O) groups is 1. The molecular formula is C10H14BrNO. The lowest BCUT2D eigenvalue weighted by Gasteiger charge is -2.14. The molecule has 1 fully saturated rings. The minimum atomic E-state index is -0.184. The summed E-state index contributed by atoms with van der Waals surface area (Å²) in [5, 5.41) is 2.81. The molecule has 0 aromatic rings. The van der Waals surface area contributed by atoms with Gasteiger partial charge in [-0.1, -0.05) is 19.8 Å². The summed E-state index contributed by atoms with van der Waals surface area (Å²) in [5.41, 5.74) is 0. The Kier molecular flexibility index (Phi) is 4.31. The summed E-state index contributed by atoms with van der Waals surface area (Å²) in [6.45, 7) is 3.03. The lowest BCUT2D eigenvalue weighted by atomic mass is 9.98. The highest BCUT2D eigenvalue weighted by Gasteiger charge is 2.23. The second-order valence-corrected chi connectivity index (χ2v) is 3.99. The largest absolute Gasteiger partial charge is 0.345 e. The standard InChI is InChI=1S/C10H14BrNO/c1-8-3-2-4-9(8)7-12-10(13)5-6-11/h8-9H,2-4,7H2,1H3,(H,12,13).